The lowest BCUT2D eigenvalue weighted by Crippen LogP contribution is -2.57. The molecule has 0 aromatic carbocycles. The number of unbranched alkanes of at least 4 members (excludes halogenated alkanes) is 24. The third-order valence-corrected chi connectivity index (χ3v) is 13.7. The van der Waals surface area contributed by atoms with Gasteiger partial charge in [-0.05, 0) is 64.2 Å². The number of allylic oxidation sites excluding steroid dienone is 4. The smallest absolute Gasteiger partial charge is 0.220 e. The molecule has 1 rings (SSSR count). The van der Waals surface area contributed by atoms with E-state index in [1.807, 2.05) is 0 Å². The van der Waals surface area contributed by atoms with Crippen molar-refractivity contribution in [2.24, 2.45) is 0 Å². The van der Waals surface area contributed by atoms with E-state index in [1.165, 1.54) is 167 Å². The van der Waals surface area contributed by atoms with Crippen LogP contribution in [0.4, 0.5) is 0 Å². The Kier molecular flexibility index (Phi) is 50.4. The fraction of sp³-hybridized carbons (Fsp3) is 0.911. The van der Waals surface area contributed by atoms with E-state index >= 15 is 0 Å². The average Bonchev–Trinajstić information content (AvgIpc) is 3.36. The molecule has 70 heavy (non-hydrogen) atoms. The monoisotopic (exact) mass is 1020 g/mol. The minimum absolute atomic E-state index is 0.0852. The maximum atomic E-state index is 12.2. The van der Waals surface area contributed by atoms with Gasteiger partial charge in [-0.1, -0.05) is 154 Å². The van der Waals surface area contributed by atoms with Crippen molar-refractivity contribution in [3.05, 3.63) is 24.3 Å². The Labute approximate surface area is 431 Å². The van der Waals surface area contributed by atoms with Gasteiger partial charge >= 0.3 is 0 Å². The van der Waals surface area contributed by atoms with Crippen LogP contribution in [0.1, 0.15) is 200 Å². The van der Waals surface area contributed by atoms with Crippen LogP contribution in [0.3, 0.4) is 0 Å². The first-order valence-electron chi connectivity index (χ1n) is 28.4. The molecule has 1 amide bonds. The Balaban J connectivity index is 2.14. The molecule has 0 aromatic heterocycles. The van der Waals surface area contributed by atoms with Gasteiger partial charge in [0.2, 0.25) is 5.91 Å². The van der Waals surface area contributed by atoms with Gasteiger partial charge in [0.05, 0.1) is 66.1 Å². The highest BCUT2D eigenvalue weighted by Crippen LogP contribution is 2.29. The molecule has 3 unspecified atom stereocenters. The quantitative estimate of drug-likeness (QED) is 0.0288. The van der Waals surface area contributed by atoms with Crippen LogP contribution in [0.2, 0.25) is 0 Å². The fourth-order valence-corrected chi connectivity index (χ4v) is 9.22. The lowest BCUT2D eigenvalue weighted by atomic mass is 10.0. The van der Waals surface area contributed by atoms with Gasteiger partial charge in [-0.25, -0.2) is 0 Å². The largest absolute Gasteiger partial charge is 0.394 e. The number of ether oxygens (including phenoxy) is 7. The molecule has 1 aliphatic rings. The topological polar surface area (TPSA) is 175 Å². The fourth-order valence-electron chi connectivity index (χ4n) is 8.11. The van der Waals surface area contributed by atoms with Crippen LogP contribution in [-0.4, -0.2) is 154 Å². The average molecular weight is 1020 g/mol. The molecule has 0 bridgehead atoms. The standard InChI is InChI=1S/C56H107NO12S/c1-3-5-7-9-11-13-15-17-19-21-23-25-27-29-31-33-37-66-48-50(68-38-34-32-30-28-26-24-22-20-18-16-14-12-10-8-6-4-2)49-67-45-44-65-43-42-64-41-40-63-39-36-57-52(59)35-46-70-56-55(62)54(61)53(60)51(47-58)69-56/h17-20,50-51,53-56,58,60-62H,3-16,21-49H2,1-2H3,(H,57,59)/b19-17-,20-18-/t50?,51?,53-,54?,55-,56-/m1/s1. The number of thioether (sulfide) groups is 1. The van der Waals surface area contributed by atoms with Gasteiger partial charge in [0, 0.05) is 31.9 Å². The number of amides is 1. The highest BCUT2D eigenvalue weighted by molar-refractivity contribution is 7.99. The Hall–Kier alpha value is -1.14. The molecule has 0 aromatic rings. The first-order chi connectivity index (χ1) is 34.4. The third-order valence-electron chi connectivity index (χ3n) is 12.6. The molecule has 0 aliphatic carbocycles. The van der Waals surface area contributed by atoms with E-state index in [-0.39, 0.29) is 18.4 Å². The number of hydrogen-bond acceptors (Lipinski definition) is 13. The van der Waals surface area contributed by atoms with Crippen LogP contribution < -0.4 is 5.32 Å². The number of nitrogens with one attached hydrogen (secondary N) is 1. The van der Waals surface area contributed by atoms with Crippen molar-refractivity contribution in [2.45, 2.75) is 236 Å². The zero-order valence-corrected chi connectivity index (χ0v) is 45.5. The molecule has 1 fully saturated rings. The number of carbonyl (C=O) groups excluding carboxylic acids is 1. The van der Waals surface area contributed by atoms with Crippen LogP contribution in [0.15, 0.2) is 24.3 Å². The number of aliphatic hydroxyl groups is 4. The van der Waals surface area contributed by atoms with Crippen molar-refractivity contribution >= 4 is 17.7 Å². The van der Waals surface area contributed by atoms with E-state index in [1.54, 1.807) is 0 Å². The van der Waals surface area contributed by atoms with Crippen molar-refractivity contribution in [3.63, 3.8) is 0 Å². The normalized spacial score (nSPS) is 19.0. The summed E-state index contributed by atoms with van der Waals surface area (Å²) < 4.78 is 40.6. The summed E-state index contributed by atoms with van der Waals surface area (Å²) in [4.78, 5) is 12.2. The van der Waals surface area contributed by atoms with E-state index < -0.39 is 36.5 Å². The second-order valence-electron chi connectivity index (χ2n) is 19.0. The minimum atomic E-state index is -1.43. The Bertz CT molecular complexity index is 1150. The predicted molar refractivity (Wildman–Crippen MR) is 287 cm³/mol. The Morgan fingerprint density at radius 3 is 1.41 bits per heavy atom. The molecule has 13 nitrogen and oxygen atoms in total. The van der Waals surface area contributed by atoms with E-state index in [2.05, 4.69) is 43.5 Å². The van der Waals surface area contributed by atoms with Gasteiger partial charge < -0.3 is 58.9 Å². The van der Waals surface area contributed by atoms with Crippen LogP contribution in [-0.2, 0) is 38.0 Å². The summed E-state index contributed by atoms with van der Waals surface area (Å²) in [5.74, 6) is 0.149. The zero-order valence-electron chi connectivity index (χ0n) is 44.6. The zero-order chi connectivity index (χ0) is 50.6. The first-order valence-corrected chi connectivity index (χ1v) is 29.5. The molecule has 0 radical (unpaired) electrons. The second kappa shape index (κ2) is 52.7. The summed E-state index contributed by atoms with van der Waals surface area (Å²) in [6, 6.07) is 0. The molecule has 6 atom stereocenters. The third kappa shape index (κ3) is 42.2. The minimum Gasteiger partial charge on any atom is -0.394 e. The molecule has 0 spiro atoms. The highest BCUT2D eigenvalue weighted by Gasteiger charge is 2.43. The summed E-state index contributed by atoms with van der Waals surface area (Å²) in [6.07, 6.45) is 40.8. The number of carbonyl (C=O) groups is 1. The molecule has 0 saturated carbocycles. The van der Waals surface area contributed by atoms with Gasteiger partial charge in [0.1, 0.15) is 36.0 Å². The molecule has 1 saturated heterocycles. The summed E-state index contributed by atoms with van der Waals surface area (Å²) >= 11 is 1.15. The van der Waals surface area contributed by atoms with Crippen molar-refractivity contribution in [2.75, 3.05) is 91.6 Å². The van der Waals surface area contributed by atoms with Crippen LogP contribution >= 0.6 is 11.8 Å². The Morgan fingerprint density at radius 2 is 0.929 bits per heavy atom. The van der Waals surface area contributed by atoms with E-state index in [0.29, 0.717) is 71.8 Å². The van der Waals surface area contributed by atoms with E-state index in [9.17, 15) is 25.2 Å². The lowest BCUT2D eigenvalue weighted by molar-refractivity contribution is -0.205. The van der Waals surface area contributed by atoms with Crippen LogP contribution in [0.5, 0.6) is 0 Å². The summed E-state index contributed by atoms with van der Waals surface area (Å²) in [7, 11) is 0. The number of aliphatic hydroxyl groups excluding tert-OH is 4. The van der Waals surface area contributed by atoms with Gasteiger partial charge in [-0.3, -0.25) is 4.79 Å². The first kappa shape index (κ1) is 66.9. The van der Waals surface area contributed by atoms with Crippen LogP contribution in [0.25, 0.3) is 0 Å². The summed E-state index contributed by atoms with van der Waals surface area (Å²) in [6.45, 7) is 9.94. The van der Waals surface area contributed by atoms with Gasteiger partial charge in [-0.15, -0.1) is 11.8 Å². The molecule has 1 heterocycles. The molecule has 414 valence electrons. The van der Waals surface area contributed by atoms with Gasteiger partial charge in [0.15, 0.2) is 0 Å². The van der Waals surface area contributed by atoms with E-state index in [0.717, 1.165) is 37.8 Å². The summed E-state index contributed by atoms with van der Waals surface area (Å²) in [5.41, 5.74) is -0.849. The van der Waals surface area contributed by atoms with Gasteiger partial charge in [0.25, 0.3) is 0 Å². The van der Waals surface area contributed by atoms with Crippen molar-refractivity contribution in [1.29, 1.82) is 0 Å². The van der Waals surface area contributed by atoms with Crippen molar-refractivity contribution in [3.8, 4) is 0 Å². The van der Waals surface area contributed by atoms with Crippen LogP contribution in [0, 0.1) is 0 Å². The maximum absolute atomic E-state index is 12.2. The number of rotatable bonds is 54. The summed E-state index contributed by atoms with van der Waals surface area (Å²) in [5, 5.41) is 42.0. The van der Waals surface area contributed by atoms with Crippen molar-refractivity contribution in [1.82, 2.24) is 5.32 Å². The highest BCUT2D eigenvalue weighted by atomic mass is 32.2. The Morgan fingerprint density at radius 1 is 0.514 bits per heavy atom. The van der Waals surface area contributed by atoms with E-state index in [4.69, 9.17) is 33.2 Å². The maximum Gasteiger partial charge on any atom is 0.220 e. The van der Waals surface area contributed by atoms with Gasteiger partial charge in [-0.2, -0.15) is 0 Å². The van der Waals surface area contributed by atoms with Crippen molar-refractivity contribution < 1.29 is 58.4 Å². The molecule has 5 N–H and O–H groups in total. The SMILES string of the molecule is CCCCCCCC/C=C\CCCCCCCCOCC(COCCOCCOCCOCCNC(=O)CCS[C@H]1OC(CO)[C@@H](O)C(O)[C@H]1O)OCCCCCCCC/C=C\CCCCCCCC. The number of hydrogen-bond donors (Lipinski definition) is 5. The molecular formula is C56H107NO12S. The molecule has 1 aliphatic heterocycles. The molecule has 14 heteroatoms. The lowest BCUT2D eigenvalue weighted by Gasteiger charge is -2.39. The predicted octanol–water partition coefficient (Wildman–Crippen LogP) is 10.6. The molecular weight excluding hydrogens is 911 g/mol. The second-order valence-corrected chi connectivity index (χ2v) is 20.2.